The van der Waals surface area contributed by atoms with Crippen LogP contribution in [0.5, 0.6) is 11.5 Å². The summed E-state index contributed by atoms with van der Waals surface area (Å²) in [5.74, 6) is -1.78. The Hall–Kier alpha value is -3.04. The van der Waals surface area contributed by atoms with Crippen LogP contribution in [0.2, 0.25) is 5.02 Å². The second-order valence-corrected chi connectivity index (χ2v) is 7.51. The predicted molar refractivity (Wildman–Crippen MR) is 109 cm³/mol. The van der Waals surface area contributed by atoms with E-state index in [0.29, 0.717) is 28.0 Å². The summed E-state index contributed by atoms with van der Waals surface area (Å²) >= 11 is 6.95. The second kappa shape index (κ2) is 9.19. The zero-order valence-corrected chi connectivity index (χ0v) is 17.1. The van der Waals surface area contributed by atoms with Gasteiger partial charge in [0.15, 0.2) is 11.5 Å². The minimum Gasteiger partial charge on any atom is -0.493 e. The van der Waals surface area contributed by atoms with Crippen molar-refractivity contribution < 1.29 is 33.4 Å². The number of ether oxygens (including phenoxy) is 2. The van der Waals surface area contributed by atoms with E-state index in [-0.39, 0.29) is 28.1 Å². The van der Waals surface area contributed by atoms with E-state index in [2.05, 4.69) is 0 Å². The van der Waals surface area contributed by atoms with Gasteiger partial charge in [-0.25, -0.2) is 4.39 Å². The Morgan fingerprint density at radius 1 is 1.27 bits per heavy atom. The molecule has 2 aromatic rings. The van der Waals surface area contributed by atoms with Crippen LogP contribution in [0, 0.1) is 5.82 Å². The molecule has 3 rings (SSSR count). The third-order valence-electron chi connectivity index (χ3n) is 4.01. The fourth-order valence-corrected chi connectivity index (χ4v) is 3.73. The Labute approximate surface area is 180 Å². The molecule has 0 bridgehead atoms. The Bertz CT molecular complexity index is 1040. The molecule has 1 saturated heterocycles. The lowest BCUT2D eigenvalue weighted by molar-refractivity contribution is -0.140. The summed E-state index contributed by atoms with van der Waals surface area (Å²) in [6.07, 6.45) is 1.42. The zero-order chi connectivity index (χ0) is 21.8. The number of benzene rings is 2. The second-order valence-electron chi connectivity index (χ2n) is 6.11. The van der Waals surface area contributed by atoms with Crippen molar-refractivity contribution in [2.24, 2.45) is 0 Å². The number of rotatable bonds is 7. The maximum atomic E-state index is 13.0. The lowest BCUT2D eigenvalue weighted by atomic mass is 10.1. The van der Waals surface area contributed by atoms with Gasteiger partial charge in [-0.2, -0.15) is 0 Å². The average molecular weight is 452 g/mol. The molecule has 0 aromatic heterocycles. The maximum absolute atomic E-state index is 13.0. The summed E-state index contributed by atoms with van der Waals surface area (Å²) in [5.41, 5.74) is 1.19. The van der Waals surface area contributed by atoms with E-state index in [9.17, 15) is 18.8 Å². The van der Waals surface area contributed by atoms with Crippen molar-refractivity contribution in [1.29, 1.82) is 0 Å². The summed E-state index contributed by atoms with van der Waals surface area (Å²) in [6, 6.07) is 8.89. The van der Waals surface area contributed by atoms with Gasteiger partial charge in [-0.15, -0.1) is 0 Å². The van der Waals surface area contributed by atoms with Crippen LogP contribution >= 0.6 is 23.4 Å². The van der Waals surface area contributed by atoms with Crippen molar-refractivity contribution in [2.45, 2.75) is 6.61 Å². The monoisotopic (exact) mass is 451 g/mol. The molecule has 10 heteroatoms. The number of carboxylic acid groups (broad SMARTS) is 1. The van der Waals surface area contributed by atoms with Crippen LogP contribution in [0.1, 0.15) is 11.1 Å². The van der Waals surface area contributed by atoms with E-state index >= 15 is 0 Å². The first-order valence-electron chi connectivity index (χ1n) is 8.50. The minimum atomic E-state index is -1.29. The molecular formula is C20H15ClFNO6S. The van der Waals surface area contributed by atoms with Gasteiger partial charge in [0.2, 0.25) is 0 Å². The largest absolute Gasteiger partial charge is 0.493 e. The number of carbonyl (C=O) groups is 3. The normalized spacial score (nSPS) is 15.0. The Morgan fingerprint density at radius 3 is 2.60 bits per heavy atom. The first-order valence-corrected chi connectivity index (χ1v) is 9.70. The number of hydrogen-bond donors (Lipinski definition) is 1. The SMILES string of the molecule is COc1cc(/C=C2/SC(=O)N(CC(=O)O)C2=O)cc(Cl)c1OCc1ccc(F)cc1. The topological polar surface area (TPSA) is 93.1 Å². The third-order valence-corrected chi connectivity index (χ3v) is 5.20. The van der Waals surface area contributed by atoms with Crippen molar-refractivity contribution in [3.63, 3.8) is 0 Å². The lowest BCUT2D eigenvalue weighted by Gasteiger charge is -2.13. The Balaban J connectivity index is 1.82. The summed E-state index contributed by atoms with van der Waals surface area (Å²) in [7, 11) is 1.42. The fraction of sp³-hybridized carbons (Fsp3) is 0.150. The number of carboxylic acids is 1. The molecule has 7 nitrogen and oxygen atoms in total. The Morgan fingerprint density at radius 2 is 1.97 bits per heavy atom. The first kappa shape index (κ1) is 21.7. The predicted octanol–water partition coefficient (Wildman–Crippen LogP) is 4.19. The van der Waals surface area contributed by atoms with Gasteiger partial charge in [0, 0.05) is 0 Å². The fourth-order valence-electron chi connectivity index (χ4n) is 2.62. The number of nitrogens with zero attached hydrogens (tertiary/aromatic N) is 1. The molecule has 0 radical (unpaired) electrons. The van der Waals surface area contributed by atoms with Gasteiger partial charge in [0.25, 0.3) is 11.1 Å². The van der Waals surface area contributed by atoms with Crippen LogP contribution in [0.15, 0.2) is 41.3 Å². The average Bonchev–Trinajstić information content (AvgIpc) is 2.95. The van der Waals surface area contributed by atoms with E-state index in [4.69, 9.17) is 26.2 Å². The maximum Gasteiger partial charge on any atom is 0.323 e. The van der Waals surface area contributed by atoms with Crippen LogP contribution in [0.3, 0.4) is 0 Å². The van der Waals surface area contributed by atoms with Gasteiger partial charge in [0.05, 0.1) is 17.0 Å². The highest BCUT2D eigenvalue weighted by Crippen LogP contribution is 2.39. The standard InChI is InChI=1S/C20H15ClFNO6S/c1-28-15-7-12(8-16-19(26)23(9-17(24)25)20(27)30-16)6-14(21)18(15)29-10-11-2-4-13(22)5-3-11/h2-8H,9-10H2,1H3,(H,24,25)/b16-8+. The molecular weight excluding hydrogens is 437 g/mol. The molecule has 0 atom stereocenters. The zero-order valence-electron chi connectivity index (χ0n) is 15.6. The number of aliphatic carboxylic acids is 1. The summed E-state index contributed by atoms with van der Waals surface area (Å²) < 4.78 is 24.0. The van der Waals surface area contributed by atoms with Crippen molar-refractivity contribution in [3.05, 3.63) is 63.3 Å². The minimum absolute atomic E-state index is 0.0688. The highest BCUT2D eigenvalue weighted by Gasteiger charge is 2.36. The molecule has 0 saturated carbocycles. The molecule has 2 aromatic carbocycles. The smallest absolute Gasteiger partial charge is 0.323 e. The molecule has 0 spiro atoms. The van der Waals surface area contributed by atoms with Crippen molar-refractivity contribution in [3.8, 4) is 11.5 Å². The van der Waals surface area contributed by atoms with E-state index in [0.717, 1.165) is 5.56 Å². The molecule has 1 N–H and O–H groups in total. The van der Waals surface area contributed by atoms with E-state index < -0.39 is 23.7 Å². The van der Waals surface area contributed by atoms with E-state index in [1.165, 1.54) is 31.4 Å². The van der Waals surface area contributed by atoms with Gasteiger partial charge in [-0.05, 0) is 53.2 Å². The molecule has 30 heavy (non-hydrogen) atoms. The molecule has 0 unspecified atom stereocenters. The number of carbonyl (C=O) groups excluding carboxylic acids is 2. The summed E-state index contributed by atoms with van der Waals surface area (Å²) in [4.78, 5) is 35.7. The molecule has 1 fully saturated rings. The van der Waals surface area contributed by atoms with Crippen LogP contribution in [0.25, 0.3) is 6.08 Å². The summed E-state index contributed by atoms with van der Waals surface area (Å²) in [5, 5.41) is 8.37. The van der Waals surface area contributed by atoms with Gasteiger partial charge < -0.3 is 14.6 Å². The van der Waals surface area contributed by atoms with Crippen LogP contribution in [-0.4, -0.2) is 40.8 Å². The number of hydrogen-bond acceptors (Lipinski definition) is 6. The number of amides is 2. The number of thioether (sulfide) groups is 1. The number of halogens is 2. The van der Waals surface area contributed by atoms with Crippen LogP contribution in [0.4, 0.5) is 9.18 Å². The van der Waals surface area contributed by atoms with Gasteiger partial charge in [-0.3, -0.25) is 19.3 Å². The first-order chi connectivity index (χ1) is 14.3. The van der Waals surface area contributed by atoms with Gasteiger partial charge in [0.1, 0.15) is 19.0 Å². The quantitative estimate of drug-likeness (QED) is 0.631. The van der Waals surface area contributed by atoms with E-state index in [1.807, 2.05) is 0 Å². The molecule has 1 heterocycles. The van der Waals surface area contributed by atoms with Crippen molar-refractivity contribution in [2.75, 3.05) is 13.7 Å². The Kier molecular flexibility index (Phi) is 6.63. The van der Waals surface area contributed by atoms with E-state index in [1.54, 1.807) is 18.2 Å². The third kappa shape index (κ3) is 4.92. The highest BCUT2D eigenvalue weighted by atomic mass is 35.5. The molecule has 156 valence electrons. The lowest BCUT2D eigenvalue weighted by Crippen LogP contribution is -2.33. The van der Waals surface area contributed by atoms with Crippen LogP contribution < -0.4 is 9.47 Å². The van der Waals surface area contributed by atoms with Crippen molar-refractivity contribution >= 4 is 46.6 Å². The number of methoxy groups -OCH3 is 1. The number of imide groups is 1. The van der Waals surface area contributed by atoms with Gasteiger partial charge >= 0.3 is 5.97 Å². The van der Waals surface area contributed by atoms with Crippen LogP contribution in [-0.2, 0) is 16.2 Å². The molecule has 0 aliphatic carbocycles. The molecule has 2 amide bonds. The molecule has 1 aliphatic heterocycles. The highest BCUT2D eigenvalue weighted by molar-refractivity contribution is 8.18. The molecule has 1 aliphatic rings. The van der Waals surface area contributed by atoms with Gasteiger partial charge in [-0.1, -0.05) is 23.7 Å². The van der Waals surface area contributed by atoms with Crippen molar-refractivity contribution in [1.82, 2.24) is 4.90 Å². The summed E-state index contributed by atoms with van der Waals surface area (Å²) in [6.45, 7) is -0.577.